The molecule has 1 N–H and O–H groups in total. The summed E-state index contributed by atoms with van der Waals surface area (Å²) < 4.78 is 5.01. The number of amides is 1. The lowest BCUT2D eigenvalue weighted by atomic mass is 10.1. The third-order valence-corrected chi connectivity index (χ3v) is 1.78. The first-order valence-corrected chi connectivity index (χ1v) is 4.06. The van der Waals surface area contributed by atoms with Crippen LogP contribution in [0.2, 0.25) is 0 Å². The predicted molar refractivity (Wildman–Crippen MR) is 51.6 cm³/mol. The minimum atomic E-state index is 0.512. The standard InChI is InChI=1S/C10H13NO2/c1-8-3-4-10(11-7-12)9(5-8)6-13-2/h3-5,7H,6H2,1-2H3,(H,11,12). The molecule has 0 unspecified atom stereocenters. The van der Waals surface area contributed by atoms with Crippen LogP contribution in [-0.4, -0.2) is 13.5 Å². The van der Waals surface area contributed by atoms with Gasteiger partial charge in [0.05, 0.1) is 6.61 Å². The van der Waals surface area contributed by atoms with Crippen LogP contribution < -0.4 is 5.32 Å². The summed E-state index contributed by atoms with van der Waals surface area (Å²) in [5.74, 6) is 0. The largest absolute Gasteiger partial charge is 0.380 e. The summed E-state index contributed by atoms with van der Waals surface area (Å²) in [5.41, 5.74) is 2.96. The molecule has 1 aromatic carbocycles. The fourth-order valence-corrected chi connectivity index (χ4v) is 1.20. The van der Waals surface area contributed by atoms with E-state index in [1.165, 1.54) is 0 Å². The van der Waals surface area contributed by atoms with Gasteiger partial charge in [-0.3, -0.25) is 4.79 Å². The minimum absolute atomic E-state index is 0.512. The lowest BCUT2D eigenvalue weighted by molar-refractivity contribution is -0.105. The van der Waals surface area contributed by atoms with E-state index in [-0.39, 0.29) is 0 Å². The lowest BCUT2D eigenvalue weighted by Crippen LogP contribution is -2.00. The van der Waals surface area contributed by atoms with E-state index in [2.05, 4.69) is 5.32 Å². The summed E-state index contributed by atoms with van der Waals surface area (Å²) in [6.45, 7) is 2.52. The van der Waals surface area contributed by atoms with E-state index in [9.17, 15) is 4.79 Å². The number of hydrogen-bond donors (Lipinski definition) is 1. The first-order chi connectivity index (χ1) is 6.27. The van der Waals surface area contributed by atoms with Gasteiger partial charge in [0.2, 0.25) is 6.41 Å². The molecule has 0 heterocycles. The Morgan fingerprint density at radius 3 is 2.92 bits per heavy atom. The number of benzene rings is 1. The van der Waals surface area contributed by atoms with Gasteiger partial charge in [0.25, 0.3) is 0 Å². The molecule has 13 heavy (non-hydrogen) atoms. The van der Waals surface area contributed by atoms with Crippen LogP contribution in [0, 0.1) is 6.92 Å². The highest BCUT2D eigenvalue weighted by molar-refractivity contribution is 5.73. The second-order valence-corrected chi connectivity index (χ2v) is 2.86. The molecule has 0 aromatic heterocycles. The van der Waals surface area contributed by atoms with Crippen molar-refractivity contribution in [3.63, 3.8) is 0 Å². The van der Waals surface area contributed by atoms with E-state index in [1.807, 2.05) is 25.1 Å². The summed E-state index contributed by atoms with van der Waals surface area (Å²) in [7, 11) is 1.63. The SMILES string of the molecule is COCc1cc(C)ccc1NC=O. The van der Waals surface area contributed by atoms with Crippen molar-refractivity contribution in [3.05, 3.63) is 29.3 Å². The Balaban J connectivity index is 2.95. The van der Waals surface area contributed by atoms with E-state index in [4.69, 9.17) is 4.74 Å². The van der Waals surface area contributed by atoms with Crippen LogP contribution in [0.15, 0.2) is 18.2 Å². The highest BCUT2D eigenvalue weighted by Gasteiger charge is 2.00. The molecule has 70 valence electrons. The number of carbonyl (C=O) groups excluding carboxylic acids is 1. The second kappa shape index (κ2) is 4.62. The molecule has 0 radical (unpaired) electrons. The molecule has 0 atom stereocenters. The molecule has 0 saturated carbocycles. The molecule has 3 nitrogen and oxygen atoms in total. The molecular formula is C10H13NO2. The third-order valence-electron chi connectivity index (χ3n) is 1.78. The van der Waals surface area contributed by atoms with Crippen LogP contribution in [0.3, 0.4) is 0 Å². The van der Waals surface area contributed by atoms with Crippen LogP contribution in [-0.2, 0) is 16.1 Å². The van der Waals surface area contributed by atoms with Gasteiger partial charge in [-0.2, -0.15) is 0 Å². The van der Waals surface area contributed by atoms with Crippen LogP contribution in [0.5, 0.6) is 0 Å². The first kappa shape index (κ1) is 9.74. The van der Waals surface area contributed by atoms with Gasteiger partial charge in [0.1, 0.15) is 0 Å². The smallest absolute Gasteiger partial charge is 0.211 e. The van der Waals surface area contributed by atoms with Crippen LogP contribution in [0.4, 0.5) is 5.69 Å². The molecule has 0 spiro atoms. The fraction of sp³-hybridized carbons (Fsp3) is 0.300. The molecule has 3 heteroatoms. The Bertz CT molecular complexity index is 297. The average Bonchev–Trinajstić information content (AvgIpc) is 2.10. The van der Waals surface area contributed by atoms with Gasteiger partial charge in [-0.15, -0.1) is 0 Å². The number of methoxy groups -OCH3 is 1. The van der Waals surface area contributed by atoms with Crippen molar-refractivity contribution in [1.82, 2.24) is 0 Å². The number of carbonyl (C=O) groups is 1. The molecule has 1 amide bonds. The third kappa shape index (κ3) is 2.56. The number of ether oxygens (including phenoxy) is 1. The summed E-state index contributed by atoms with van der Waals surface area (Å²) in [5, 5.41) is 2.63. The van der Waals surface area contributed by atoms with Crippen LogP contribution in [0.1, 0.15) is 11.1 Å². The van der Waals surface area contributed by atoms with Gasteiger partial charge < -0.3 is 10.1 Å². The monoisotopic (exact) mass is 179 g/mol. The van der Waals surface area contributed by atoms with Crippen molar-refractivity contribution >= 4 is 12.1 Å². The van der Waals surface area contributed by atoms with Crippen LogP contribution in [0.25, 0.3) is 0 Å². The maximum absolute atomic E-state index is 10.3. The van der Waals surface area contributed by atoms with Gasteiger partial charge in [-0.1, -0.05) is 17.7 Å². The maximum Gasteiger partial charge on any atom is 0.211 e. The topological polar surface area (TPSA) is 38.3 Å². The van der Waals surface area contributed by atoms with Gasteiger partial charge >= 0.3 is 0 Å². The highest BCUT2D eigenvalue weighted by Crippen LogP contribution is 2.17. The molecule has 0 aliphatic heterocycles. The molecule has 0 aliphatic carbocycles. The Labute approximate surface area is 77.7 Å². The minimum Gasteiger partial charge on any atom is -0.380 e. The van der Waals surface area contributed by atoms with Crippen molar-refractivity contribution < 1.29 is 9.53 Å². The molecule has 1 rings (SSSR count). The molecule has 0 bridgehead atoms. The summed E-state index contributed by atoms with van der Waals surface area (Å²) >= 11 is 0. The zero-order chi connectivity index (χ0) is 9.68. The molecule has 1 aromatic rings. The quantitative estimate of drug-likeness (QED) is 0.714. The Kier molecular flexibility index (Phi) is 3.46. The fourth-order valence-electron chi connectivity index (χ4n) is 1.20. The van der Waals surface area contributed by atoms with E-state index in [1.54, 1.807) is 7.11 Å². The number of aryl methyl sites for hydroxylation is 1. The van der Waals surface area contributed by atoms with E-state index in [0.29, 0.717) is 13.0 Å². The molecule has 0 fully saturated rings. The molecule has 0 aliphatic rings. The van der Waals surface area contributed by atoms with Gasteiger partial charge in [0.15, 0.2) is 0 Å². The summed E-state index contributed by atoms with van der Waals surface area (Å²) in [4.78, 5) is 10.3. The van der Waals surface area contributed by atoms with Crippen molar-refractivity contribution in [3.8, 4) is 0 Å². The second-order valence-electron chi connectivity index (χ2n) is 2.86. The van der Waals surface area contributed by atoms with Gasteiger partial charge in [-0.25, -0.2) is 0 Å². The average molecular weight is 179 g/mol. The van der Waals surface area contributed by atoms with Gasteiger partial charge in [0, 0.05) is 18.4 Å². The zero-order valence-electron chi connectivity index (χ0n) is 7.83. The molecule has 0 saturated heterocycles. The van der Waals surface area contributed by atoms with Crippen molar-refractivity contribution in [2.45, 2.75) is 13.5 Å². The normalized spacial score (nSPS) is 9.69. The van der Waals surface area contributed by atoms with Crippen molar-refractivity contribution in [2.75, 3.05) is 12.4 Å². The zero-order valence-corrected chi connectivity index (χ0v) is 7.83. The summed E-state index contributed by atoms with van der Waals surface area (Å²) in [6.07, 6.45) is 0.670. The van der Waals surface area contributed by atoms with Crippen LogP contribution >= 0.6 is 0 Å². The summed E-state index contributed by atoms with van der Waals surface area (Å²) in [6, 6.07) is 5.82. The van der Waals surface area contributed by atoms with E-state index >= 15 is 0 Å². The van der Waals surface area contributed by atoms with Crippen molar-refractivity contribution in [2.24, 2.45) is 0 Å². The predicted octanol–water partition coefficient (Wildman–Crippen LogP) is 1.71. The van der Waals surface area contributed by atoms with E-state index < -0.39 is 0 Å². The first-order valence-electron chi connectivity index (χ1n) is 4.06. The number of anilines is 1. The number of rotatable bonds is 4. The Morgan fingerprint density at radius 1 is 1.54 bits per heavy atom. The Morgan fingerprint density at radius 2 is 2.31 bits per heavy atom. The Hall–Kier alpha value is -1.35. The highest BCUT2D eigenvalue weighted by atomic mass is 16.5. The lowest BCUT2D eigenvalue weighted by Gasteiger charge is -2.07. The van der Waals surface area contributed by atoms with Crippen molar-refractivity contribution in [1.29, 1.82) is 0 Å². The van der Waals surface area contributed by atoms with Gasteiger partial charge in [-0.05, 0) is 13.0 Å². The maximum atomic E-state index is 10.3. The molecular weight excluding hydrogens is 166 g/mol. The number of hydrogen-bond acceptors (Lipinski definition) is 2. The van der Waals surface area contributed by atoms with E-state index in [0.717, 1.165) is 16.8 Å². The number of nitrogens with one attached hydrogen (secondary N) is 1.